The molecule has 0 aliphatic carbocycles. The minimum absolute atomic E-state index is 0.0498. The van der Waals surface area contributed by atoms with Gasteiger partial charge in [-0.25, -0.2) is 0 Å². The third kappa shape index (κ3) is 2.89. The van der Waals surface area contributed by atoms with Gasteiger partial charge < -0.3 is 10.3 Å². The molecule has 1 aromatic heterocycles. The number of hydrogen-bond donors (Lipinski definition) is 1. The molecule has 2 N–H and O–H groups in total. The van der Waals surface area contributed by atoms with Crippen LogP contribution >= 0.6 is 15.9 Å². The lowest BCUT2D eigenvalue weighted by Crippen LogP contribution is -2.22. The summed E-state index contributed by atoms with van der Waals surface area (Å²) in [6.07, 6.45) is 2.72. The van der Waals surface area contributed by atoms with Crippen LogP contribution in [0.5, 0.6) is 0 Å². The Morgan fingerprint density at radius 1 is 1.21 bits per heavy atom. The van der Waals surface area contributed by atoms with Gasteiger partial charge >= 0.3 is 0 Å². The summed E-state index contributed by atoms with van der Waals surface area (Å²) < 4.78 is 2.17. The predicted molar refractivity (Wildman–Crippen MR) is 82.5 cm³/mol. The Hall–Kier alpha value is -1.55. The van der Waals surface area contributed by atoms with E-state index in [-0.39, 0.29) is 5.56 Å². The Morgan fingerprint density at radius 3 is 2.37 bits per heavy atom. The number of nitrogen functional groups attached to an aromatic ring is 1. The van der Waals surface area contributed by atoms with Gasteiger partial charge in [-0.15, -0.1) is 0 Å². The molecule has 2 rings (SSSR count). The van der Waals surface area contributed by atoms with Crippen molar-refractivity contribution in [1.29, 1.82) is 0 Å². The number of aryl methyl sites for hydroxylation is 1. The molecule has 0 aliphatic rings. The van der Waals surface area contributed by atoms with Crippen LogP contribution in [0.2, 0.25) is 0 Å². The van der Waals surface area contributed by atoms with Crippen molar-refractivity contribution in [1.82, 2.24) is 4.57 Å². The summed E-state index contributed by atoms with van der Waals surface area (Å²) in [6.45, 7) is 4.49. The average molecular weight is 321 g/mol. The van der Waals surface area contributed by atoms with Crippen LogP contribution in [0.4, 0.5) is 5.69 Å². The number of rotatable bonds is 3. The van der Waals surface area contributed by atoms with Gasteiger partial charge in [0.05, 0.1) is 16.7 Å². The van der Waals surface area contributed by atoms with Gasteiger partial charge in [-0.3, -0.25) is 4.79 Å². The molecule has 0 aliphatic heterocycles. The van der Waals surface area contributed by atoms with E-state index >= 15 is 0 Å². The van der Waals surface area contributed by atoms with E-state index in [1.54, 1.807) is 10.8 Å². The maximum Gasteiger partial charge on any atom is 0.265 e. The van der Waals surface area contributed by atoms with Gasteiger partial charge in [0.25, 0.3) is 5.56 Å². The first-order valence-corrected chi connectivity index (χ1v) is 7.05. The van der Waals surface area contributed by atoms with E-state index in [9.17, 15) is 4.79 Å². The van der Waals surface area contributed by atoms with Crippen LogP contribution in [-0.4, -0.2) is 4.57 Å². The smallest absolute Gasteiger partial charge is 0.265 e. The lowest BCUT2D eigenvalue weighted by molar-refractivity contribution is 0.754. The number of hydrogen-bond acceptors (Lipinski definition) is 2. The standard InChI is InChI=1S/C15H17BrN2O/c1-3-11-4-6-12(7-5-11)8-18-9-13(17)10(2)14(16)15(18)19/h4-7,9H,3,8,17H2,1-2H3. The monoisotopic (exact) mass is 320 g/mol. The van der Waals surface area contributed by atoms with E-state index in [0.717, 1.165) is 17.5 Å². The molecule has 4 heteroatoms. The van der Waals surface area contributed by atoms with Crippen LogP contribution in [0.25, 0.3) is 0 Å². The van der Waals surface area contributed by atoms with E-state index < -0.39 is 0 Å². The second kappa shape index (κ2) is 5.61. The number of benzene rings is 1. The maximum atomic E-state index is 12.1. The summed E-state index contributed by atoms with van der Waals surface area (Å²) >= 11 is 3.30. The average Bonchev–Trinajstić information content (AvgIpc) is 2.43. The molecule has 0 unspecified atom stereocenters. The van der Waals surface area contributed by atoms with Gasteiger partial charge in [0, 0.05) is 6.20 Å². The van der Waals surface area contributed by atoms with Crippen molar-refractivity contribution in [2.45, 2.75) is 26.8 Å². The van der Waals surface area contributed by atoms with Crippen LogP contribution in [0.1, 0.15) is 23.6 Å². The van der Waals surface area contributed by atoms with E-state index in [1.807, 2.05) is 6.92 Å². The predicted octanol–water partition coefficient (Wildman–Crippen LogP) is 3.11. The zero-order chi connectivity index (χ0) is 14.0. The summed E-state index contributed by atoms with van der Waals surface area (Å²) in [6, 6.07) is 8.28. The Kier molecular flexibility index (Phi) is 4.10. The second-order valence-corrected chi connectivity index (χ2v) is 5.42. The number of halogens is 1. The van der Waals surface area contributed by atoms with Crippen molar-refractivity contribution in [3.05, 3.63) is 62.0 Å². The van der Waals surface area contributed by atoms with E-state index in [1.165, 1.54) is 5.56 Å². The molecule has 1 heterocycles. The van der Waals surface area contributed by atoms with Crippen LogP contribution < -0.4 is 11.3 Å². The highest BCUT2D eigenvalue weighted by molar-refractivity contribution is 9.10. The number of anilines is 1. The van der Waals surface area contributed by atoms with Crippen molar-refractivity contribution in [2.24, 2.45) is 0 Å². The summed E-state index contributed by atoms with van der Waals surface area (Å²) in [7, 11) is 0. The molecule has 100 valence electrons. The van der Waals surface area contributed by atoms with E-state index in [0.29, 0.717) is 16.7 Å². The fourth-order valence-corrected chi connectivity index (χ4v) is 2.39. The molecule has 0 saturated heterocycles. The normalized spacial score (nSPS) is 10.7. The van der Waals surface area contributed by atoms with Gasteiger partial charge in [0.15, 0.2) is 0 Å². The third-order valence-electron chi connectivity index (χ3n) is 3.29. The molecule has 0 atom stereocenters. The number of nitrogens with two attached hydrogens (primary N) is 1. The van der Waals surface area contributed by atoms with Crippen LogP contribution in [-0.2, 0) is 13.0 Å². The first-order valence-electron chi connectivity index (χ1n) is 6.25. The molecule has 0 saturated carbocycles. The molecule has 0 fully saturated rings. The highest BCUT2D eigenvalue weighted by Gasteiger charge is 2.08. The fourth-order valence-electron chi connectivity index (χ4n) is 1.93. The van der Waals surface area contributed by atoms with Crippen molar-refractivity contribution < 1.29 is 0 Å². The molecule has 0 radical (unpaired) electrons. The van der Waals surface area contributed by atoms with Crippen molar-refractivity contribution in [3.8, 4) is 0 Å². The summed E-state index contributed by atoms with van der Waals surface area (Å²) in [5.41, 5.74) is 9.65. The molecule has 0 bridgehead atoms. The molecule has 0 spiro atoms. The zero-order valence-corrected chi connectivity index (χ0v) is 12.7. The second-order valence-electron chi connectivity index (χ2n) is 4.63. The van der Waals surface area contributed by atoms with Gasteiger partial charge in [0.1, 0.15) is 0 Å². The Morgan fingerprint density at radius 2 is 1.79 bits per heavy atom. The molecule has 0 amide bonds. The minimum atomic E-state index is -0.0498. The fraction of sp³-hybridized carbons (Fsp3) is 0.267. The lowest BCUT2D eigenvalue weighted by Gasteiger charge is -2.11. The van der Waals surface area contributed by atoms with Gasteiger partial charge in [0.2, 0.25) is 0 Å². The Balaban J connectivity index is 2.35. The third-order valence-corrected chi connectivity index (χ3v) is 4.22. The van der Waals surface area contributed by atoms with Gasteiger partial charge in [-0.05, 0) is 46.0 Å². The number of aromatic nitrogens is 1. The minimum Gasteiger partial charge on any atom is -0.397 e. The van der Waals surface area contributed by atoms with Crippen LogP contribution in [0.15, 0.2) is 39.7 Å². The maximum absolute atomic E-state index is 12.1. The topological polar surface area (TPSA) is 48.0 Å². The molecule has 3 nitrogen and oxygen atoms in total. The van der Waals surface area contributed by atoms with Crippen molar-refractivity contribution >= 4 is 21.6 Å². The highest BCUT2D eigenvalue weighted by Crippen LogP contribution is 2.17. The number of pyridine rings is 1. The largest absolute Gasteiger partial charge is 0.397 e. The quantitative estimate of drug-likeness (QED) is 0.944. The molecule has 19 heavy (non-hydrogen) atoms. The molecule has 2 aromatic rings. The van der Waals surface area contributed by atoms with Crippen LogP contribution in [0, 0.1) is 6.92 Å². The summed E-state index contributed by atoms with van der Waals surface area (Å²) in [5.74, 6) is 0. The summed E-state index contributed by atoms with van der Waals surface area (Å²) in [4.78, 5) is 12.1. The van der Waals surface area contributed by atoms with Gasteiger partial charge in [-0.1, -0.05) is 31.2 Å². The van der Waals surface area contributed by atoms with Crippen molar-refractivity contribution in [2.75, 3.05) is 5.73 Å². The lowest BCUT2D eigenvalue weighted by atomic mass is 10.1. The number of nitrogens with zero attached hydrogens (tertiary/aromatic N) is 1. The van der Waals surface area contributed by atoms with Crippen molar-refractivity contribution in [3.63, 3.8) is 0 Å². The summed E-state index contributed by atoms with van der Waals surface area (Å²) in [5, 5.41) is 0. The molecular weight excluding hydrogens is 304 g/mol. The first-order chi connectivity index (χ1) is 9.02. The Labute approximate surface area is 121 Å². The van der Waals surface area contributed by atoms with E-state index in [2.05, 4.69) is 47.1 Å². The molecular formula is C15H17BrN2O. The molecule has 1 aromatic carbocycles. The first kappa shape index (κ1) is 13.9. The Bertz CT molecular complexity index is 644. The van der Waals surface area contributed by atoms with Gasteiger partial charge in [-0.2, -0.15) is 0 Å². The van der Waals surface area contributed by atoms with E-state index in [4.69, 9.17) is 5.73 Å². The zero-order valence-electron chi connectivity index (χ0n) is 11.1. The SMILES string of the molecule is CCc1ccc(Cn2cc(N)c(C)c(Br)c2=O)cc1. The highest BCUT2D eigenvalue weighted by atomic mass is 79.9. The van der Waals surface area contributed by atoms with Crippen LogP contribution in [0.3, 0.4) is 0 Å².